The summed E-state index contributed by atoms with van der Waals surface area (Å²) in [6.45, 7) is 1.65. The van der Waals surface area contributed by atoms with Crippen LogP contribution in [0.3, 0.4) is 0 Å². The molecule has 1 atom stereocenters. The molecule has 0 aliphatic rings. The second-order valence-electron chi connectivity index (χ2n) is 3.52. The van der Waals surface area contributed by atoms with Gasteiger partial charge in [-0.2, -0.15) is 13.2 Å². The number of carbonyl (C=O) groups excluding carboxylic acids is 1. The van der Waals surface area contributed by atoms with E-state index < -0.39 is 18.5 Å². The van der Waals surface area contributed by atoms with Crippen molar-refractivity contribution >= 4 is 34.8 Å². The molecule has 0 saturated heterocycles. The average molecular weight is 305 g/mol. The topological polar surface area (TPSA) is 80.9 Å². The largest absolute Gasteiger partial charge is 0.395 e. The molecule has 0 fully saturated rings. The van der Waals surface area contributed by atoms with Crippen molar-refractivity contribution in [3.8, 4) is 0 Å². The van der Waals surface area contributed by atoms with Crippen molar-refractivity contribution in [2.75, 3.05) is 5.32 Å². The third-order valence-corrected chi connectivity index (χ3v) is 2.41. The highest BCUT2D eigenvalue weighted by Crippen LogP contribution is 2.25. The van der Waals surface area contributed by atoms with E-state index >= 15 is 0 Å². The molecular formula is C8H12ClF3N4OS. The number of nitrogens with one attached hydrogen (secondary N) is 1. The van der Waals surface area contributed by atoms with Gasteiger partial charge >= 0.3 is 6.18 Å². The highest BCUT2D eigenvalue weighted by molar-refractivity contribution is 7.15. The molecule has 0 aromatic carbocycles. The third-order valence-electron chi connectivity index (χ3n) is 1.57. The minimum atomic E-state index is -4.33. The second kappa shape index (κ2) is 6.86. The van der Waals surface area contributed by atoms with Crippen LogP contribution in [0.2, 0.25) is 0 Å². The van der Waals surface area contributed by atoms with Gasteiger partial charge < -0.3 is 11.1 Å². The number of hydrogen-bond acceptors (Lipinski definition) is 5. The van der Waals surface area contributed by atoms with E-state index in [1.54, 1.807) is 6.92 Å². The predicted octanol–water partition coefficient (Wildman–Crippen LogP) is 1.74. The first-order valence-electron chi connectivity index (χ1n) is 4.71. The molecule has 0 aliphatic heterocycles. The van der Waals surface area contributed by atoms with Gasteiger partial charge in [-0.05, 0) is 6.92 Å². The molecule has 0 bridgehead atoms. The Balaban J connectivity index is 0.00000289. The first-order chi connectivity index (χ1) is 7.76. The Bertz CT molecular complexity index is 396. The molecular weight excluding hydrogens is 293 g/mol. The van der Waals surface area contributed by atoms with E-state index in [1.165, 1.54) is 0 Å². The lowest BCUT2D eigenvalue weighted by Gasteiger charge is -2.03. The highest BCUT2D eigenvalue weighted by Gasteiger charge is 2.29. The van der Waals surface area contributed by atoms with Gasteiger partial charge in [0, 0.05) is 12.5 Å². The number of nitrogens with zero attached hydrogens (tertiary/aromatic N) is 2. The molecule has 1 unspecified atom stereocenters. The van der Waals surface area contributed by atoms with Gasteiger partial charge in [-0.15, -0.1) is 22.6 Å². The second-order valence-corrected chi connectivity index (χ2v) is 4.58. The van der Waals surface area contributed by atoms with Crippen LogP contribution in [0.15, 0.2) is 0 Å². The number of anilines is 1. The highest BCUT2D eigenvalue weighted by atomic mass is 35.5. The van der Waals surface area contributed by atoms with Gasteiger partial charge in [-0.1, -0.05) is 11.3 Å². The summed E-state index contributed by atoms with van der Waals surface area (Å²) in [5, 5.41) is 8.98. The van der Waals surface area contributed by atoms with Crippen LogP contribution in [-0.4, -0.2) is 28.3 Å². The summed E-state index contributed by atoms with van der Waals surface area (Å²) in [6.07, 6.45) is -5.39. The van der Waals surface area contributed by atoms with Crippen LogP contribution in [0, 0.1) is 0 Å². The molecule has 0 radical (unpaired) electrons. The maximum Gasteiger partial charge on any atom is 0.395 e. The lowest BCUT2D eigenvalue weighted by atomic mass is 10.2. The number of rotatable bonds is 4. The first kappa shape index (κ1) is 17.1. The number of alkyl halides is 3. The van der Waals surface area contributed by atoms with Crippen LogP contribution in [-0.2, 0) is 11.2 Å². The minimum absolute atomic E-state index is 0. The molecule has 18 heavy (non-hydrogen) atoms. The zero-order valence-corrected chi connectivity index (χ0v) is 11.0. The van der Waals surface area contributed by atoms with Crippen molar-refractivity contribution < 1.29 is 18.0 Å². The fraction of sp³-hybridized carbons (Fsp3) is 0.625. The molecule has 1 amide bonds. The molecule has 1 rings (SSSR count). The monoisotopic (exact) mass is 304 g/mol. The van der Waals surface area contributed by atoms with Crippen LogP contribution in [0.4, 0.5) is 18.3 Å². The minimum Gasteiger partial charge on any atom is -0.327 e. The van der Waals surface area contributed by atoms with E-state index in [0.29, 0.717) is 11.3 Å². The lowest BCUT2D eigenvalue weighted by molar-refractivity contribution is -0.127. The Kier molecular flexibility index (Phi) is 6.50. The van der Waals surface area contributed by atoms with Gasteiger partial charge in [0.25, 0.3) is 0 Å². The van der Waals surface area contributed by atoms with Crippen molar-refractivity contribution in [2.45, 2.75) is 32.0 Å². The number of halogens is 4. The van der Waals surface area contributed by atoms with Crippen molar-refractivity contribution in [3.05, 3.63) is 5.01 Å². The van der Waals surface area contributed by atoms with Crippen LogP contribution in [0.25, 0.3) is 0 Å². The Morgan fingerprint density at radius 3 is 2.61 bits per heavy atom. The Morgan fingerprint density at radius 1 is 1.50 bits per heavy atom. The lowest BCUT2D eigenvalue weighted by Crippen LogP contribution is -2.23. The molecule has 3 N–H and O–H groups in total. The molecule has 0 aliphatic carbocycles. The van der Waals surface area contributed by atoms with Gasteiger partial charge in [0.15, 0.2) is 0 Å². The number of amides is 1. The number of aromatic nitrogens is 2. The van der Waals surface area contributed by atoms with E-state index in [-0.39, 0.29) is 35.0 Å². The zero-order valence-electron chi connectivity index (χ0n) is 9.32. The standard InChI is InChI=1S/C8H11F3N4OS.ClH/c1-4(12)2-5(16)13-7-15-14-6(17-7)3-8(9,10)11;/h4H,2-3,12H2,1H3,(H,13,15,16);1H. The maximum absolute atomic E-state index is 12.0. The van der Waals surface area contributed by atoms with Crippen LogP contribution < -0.4 is 11.1 Å². The van der Waals surface area contributed by atoms with E-state index in [0.717, 1.165) is 0 Å². The zero-order chi connectivity index (χ0) is 13.1. The Morgan fingerprint density at radius 2 is 2.11 bits per heavy atom. The fourth-order valence-electron chi connectivity index (χ4n) is 1.01. The molecule has 0 spiro atoms. The van der Waals surface area contributed by atoms with Gasteiger partial charge in [0.05, 0.1) is 6.42 Å². The predicted molar refractivity (Wildman–Crippen MR) is 63.8 cm³/mol. The quantitative estimate of drug-likeness (QED) is 0.888. The Labute approximate surface area is 111 Å². The first-order valence-corrected chi connectivity index (χ1v) is 5.52. The third kappa shape index (κ3) is 6.72. The molecule has 104 valence electrons. The summed E-state index contributed by atoms with van der Waals surface area (Å²) >= 11 is 0.700. The summed E-state index contributed by atoms with van der Waals surface area (Å²) in [5.41, 5.74) is 5.39. The van der Waals surface area contributed by atoms with E-state index in [1.807, 2.05) is 0 Å². The van der Waals surface area contributed by atoms with Crippen molar-refractivity contribution in [2.24, 2.45) is 5.73 Å². The number of carbonyl (C=O) groups is 1. The molecule has 10 heteroatoms. The normalized spacial score (nSPS) is 12.7. The van der Waals surface area contributed by atoms with E-state index in [4.69, 9.17) is 5.73 Å². The van der Waals surface area contributed by atoms with Crippen LogP contribution >= 0.6 is 23.7 Å². The maximum atomic E-state index is 12.0. The van der Waals surface area contributed by atoms with Gasteiger partial charge in [-0.25, -0.2) is 0 Å². The summed E-state index contributed by atoms with van der Waals surface area (Å²) in [7, 11) is 0. The summed E-state index contributed by atoms with van der Waals surface area (Å²) in [4.78, 5) is 11.2. The molecule has 5 nitrogen and oxygen atoms in total. The van der Waals surface area contributed by atoms with Crippen molar-refractivity contribution in [1.29, 1.82) is 0 Å². The Hall–Kier alpha value is -0.930. The van der Waals surface area contributed by atoms with E-state index in [9.17, 15) is 18.0 Å². The summed E-state index contributed by atoms with van der Waals surface area (Å²) in [6, 6.07) is -0.322. The van der Waals surface area contributed by atoms with Gasteiger partial charge in [0.2, 0.25) is 11.0 Å². The average Bonchev–Trinajstić information content (AvgIpc) is 2.46. The van der Waals surface area contributed by atoms with Gasteiger partial charge in [0.1, 0.15) is 5.01 Å². The summed E-state index contributed by atoms with van der Waals surface area (Å²) in [5.74, 6) is -0.394. The van der Waals surface area contributed by atoms with Crippen LogP contribution in [0.1, 0.15) is 18.4 Å². The molecule has 1 aromatic heterocycles. The van der Waals surface area contributed by atoms with Crippen molar-refractivity contribution in [3.63, 3.8) is 0 Å². The van der Waals surface area contributed by atoms with E-state index in [2.05, 4.69) is 15.5 Å². The number of hydrogen-bond donors (Lipinski definition) is 2. The fourth-order valence-corrected chi connectivity index (χ4v) is 1.80. The van der Waals surface area contributed by atoms with Crippen LogP contribution in [0.5, 0.6) is 0 Å². The molecule has 0 saturated carbocycles. The summed E-state index contributed by atoms with van der Waals surface area (Å²) < 4.78 is 36.1. The van der Waals surface area contributed by atoms with Gasteiger partial charge in [-0.3, -0.25) is 4.79 Å². The smallest absolute Gasteiger partial charge is 0.327 e. The number of nitrogens with two attached hydrogens (primary N) is 1. The van der Waals surface area contributed by atoms with Crippen molar-refractivity contribution in [1.82, 2.24) is 10.2 Å². The molecule has 1 aromatic rings. The molecule has 1 heterocycles. The SMILES string of the molecule is CC(N)CC(=O)Nc1nnc(CC(F)(F)F)s1.Cl.